The lowest BCUT2D eigenvalue weighted by Crippen LogP contribution is -2.60. The highest BCUT2D eigenvalue weighted by Gasteiger charge is 2.59. The molecule has 3 aliphatic rings. The number of nitrogens with zero attached hydrogens (tertiary/aromatic N) is 1. The molecule has 0 bridgehead atoms. The minimum Gasteiger partial charge on any atom is -0.356 e. The van der Waals surface area contributed by atoms with Gasteiger partial charge in [-0.2, -0.15) is 17.6 Å². The highest BCUT2D eigenvalue weighted by molar-refractivity contribution is 7.94. The van der Waals surface area contributed by atoms with Crippen molar-refractivity contribution in [2.24, 2.45) is 23.2 Å². The normalized spacial score (nSPS) is 27.7. The molecule has 238 valence electrons. The first-order valence-electron chi connectivity index (χ1n) is 13.2. The summed E-state index contributed by atoms with van der Waals surface area (Å²) in [5.74, 6) is -11.0. The van der Waals surface area contributed by atoms with Crippen molar-refractivity contribution in [2.45, 2.75) is 76.7 Å². The molecule has 0 spiro atoms. The van der Waals surface area contributed by atoms with Crippen LogP contribution in [0.25, 0.3) is 0 Å². The van der Waals surface area contributed by atoms with Crippen molar-refractivity contribution < 1.29 is 53.9 Å². The van der Waals surface area contributed by atoms with Crippen molar-refractivity contribution >= 4 is 33.5 Å². The second-order valence-electron chi connectivity index (χ2n) is 12.3. The van der Waals surface area contributed by atoms with Crippen LogP contribution in [0.2, 0.25) is 0 Å². The van der Waals surface area contributed by atoms with E-state index in [1.165, 1.54) is 20.8 Å². The van der Waals surface area contributed by atoms with E-state index in [-0.39, 0.29) is 19.4 Å². The Morgan fingerprint density at radius 1 is 1.14 bits per heavy atom. The van der Waals surface area contributed by atoms with Crippen LogP contribution in [0.3, 0.4) is 0 Å². The molecule has 2 saturated heterocycles. The van der Waals surface area contributed by atoms with Gasteiger partial charge in [0.25, 0.3) is 0 Å². The number of fused-ring (bicyclic) bond motifs is 1. The number of nitrogens with one attached hydrogen (secondary N) is 3. The molecule has 3 fully saturated rings. The molecule has 3 rings (SSSR count). The molecule has 2 heterocycles. The van der Waals surface area contributed by atoms with Gasteiger partial charge >= 0.3 is 12.1 Å². The number of carbonyl (C=O) groups is 4. The van der Waals surface area contributed by atoms with Crippen LogP contribution in [0, 0.1) is 23.2 Å². The van der Waals surface area contributed by atoms with E-state index in [1.807, 2.05) is 0 Å². The topological polar surface area (TPSA) is 142 Å². The highest BCUT2D eigenvalue weighted by Crippen LogP contribution is 2.50. The number of rotatable bonds is 8. The molecular weight excluding hydrogens is 598 g/mol. The number of sulfone groups is 1. The Hall–Kier alpha value is -2.85. The molecule has 42 heavy (non-hydrogen) atoms. The van der Waals surface area contributed by atoms with Gasteiger partial charge in [-0.05, 0) is 36.2 Å². The molecule has 3 N–H and O–H groups in total. The third-order valence-corrected chi connectivity index (χ3v) is 8.63. The number of alkyl halides is 5. The smallest absolute Gasteiger partial charge is 0.356 e. The van der Waals surface area contributed by atoms with Crippen LogP contribution < -0.4 is 16.0 Å². The first-order valence-corrected chi connectivity index (χ1v) is 15.1. The third kappa shape index (κ3) is 7.75. The molecular formula is C25H34F6N4O6S. The summed E-state index contributed by atoms with van der Waals surface area (Å²) in [6.07, 6.45) is -5.67. The maximum atomic E-state index is 14.5. The molecule has 1 saturated carbocycles. The van der Waals surface area contributed by atoms with Crippen LogP contribution in [0.4, 0.5) is 26.3 Å². The molecule has 0 radical (unpaired) electrons. The zero-order valence-electron chi connectivity index (χ0n) is 23.4. The largest absolute Gasteiger partial charge is 0.471 e. The van der Waals surface area contributed by atoms with Gasteiger partial charge in [-0.1, -0.05) is 20.8 Å². The van der Waals surface area contributed by atoms with Crippen LogP contribution in [0.1, 0.15) is 46.5 Å². The highest BCUT2D eigenvalue weighted by atomic mass is 32.2. The predicted molar refractivity (Wildman–Crippen MR) is 136 cm³/mol. The third-order valence-electron chi connectivity index (χ3n) is 7.79. The fraction of sp³-hybridized carbons (Fsp3) is 0.760. The van der Waals surface area contributed by atoms with Gasteiger partial charge in [0.05, 0.1) is 6.04 Å². The number of halogens is 6. The van der Waals surface area contributed by atoms with Crippen molar-refractivity contribution in [1.29, 1.82) is 0 Å². The van der Waals surface area contributed by atoms with E-state index in [4.69, 9.17) is 0 Å². The van der Waals surface area contributed by atoms with E-state index >= 15 is 0 Å². The summed E-state index contributed by atoms with van der Waals surface area (Å²) in [7, 11) is -4.36. The van der Waals surface area contributed by atoms with Crippen LogP contribution >= 0.6 is 0 Å². The van der Waals surface area contributed by atoms with Gasteiger partial charge in [0.1, 0.15) is 12.1 Å². The quantitative estimate of drug-likeness (QED) is 0.349. The van der Waals surface area contributed by atoms with Crippen molar-refractivity contribution in [3.05, 3.63) is 11.2 Å². The van der Waals surface area contributed by atoms with Gasteiger partial charge in [0.2, 0.25) is 38.6 Å². The molecule has 0 aromatic heterocycles. The van der Waals surface area contributed by atoms with E-state index in [0.717, 1.165) is 4.90 Å². The Bertz CT molecular complexity index is 1250. The summed E-state index contributed by atoms with van der Waals surface area (Å²) in [6.45, 7) is 3.97. The standard InChI is InChI=1S/C25H34F6N4O6S/c1-23(2,3)18(34-22(39)25(29,30)31)21(38)35-11-13-9-24(27,28)10-15(13)17(35)20(37)33-14(8-16(26)42(4,40)41)7-12-5-6-32-19(12)36/h8,12-15,17-18H,5-7,9-11H2,1-4H3,(H,32,36)(H,33,37)(H,34,39)/b16-8-/t12-,13+,14-,15+,17+,18-/m1/s1. The minimum absolute atomic E-state index is 0.252. The summed E-state index contributed by atoms with van der Waals surface area (Å²) in [5.41, 5.74) is -1.31. The van der Waals surface area contributed by atoms with Gasteiger partial charge in [-0.25, -0.2) is 17.2 Å². The van der Waals surface area contributed by atoms with Gasteiger partial charge in [-0.15, -0.1) is 0 Å². The second kappa shape index (κ2) is 11.7. The summed E-state index contributed by atoms with van der Waals surface area (Å²) in [5, 5.41) is 4.95. The molecule has 17 heteroatoms. The molecule has 10 nitrogen and oxygen atoms in total. The summed E-state index contributed by atoms with van der Waals surface area (Å²) in [4.78, 5) is 52.0. The zero-order valence-corrected chi connectivity index (χ0v) is 24.2. The van der Waals surface area contributed by atoms with Crippen molar-refractivity contribution in [1.82, 2.24) is 20.9 Å². The van der Waals surface area contributed by atoms with E-state index in [1.54, 1.807) is 5.32 Å². The van der Waals surface area contributed by atoms with Crippen LogP contribution in [0.15, 0.2) is 11.2 Å². The van der Waals surface area contributed by atoms with E-state index < -0.39 is 111 Å². The monoisotopic (exact) mass is 632 g/mol. The van der Waals surface area contributed by atoms with Crippen LogP contribution in [-0.2, 0) is 29.0 Å². The van der Waals surface area contributed by atoms with Crippen molar-refractivity contribution in [3.8, 4) is 0 Å². The fourth-order valence-electron chi connectivity index (χ4n) is 5.78. The molecule has 1 aliphatic carbocycles. The second-order valence-corrected chi connectivity index (χ2v) is 14.2. The van der Waals surface area contributed by atoms with E-state index in [9.17, 15) is 53.9 Å². The Labute approximate surface area is 238 Å². The Balaban J connectivity index is 1.97. The average molecular weight is 633 g/mol. The summed E-state index contributed by atoms with van der Waals surface area (Å²) < 4.78 is 106. The molecule has 4 amide bonds. The van der Waals surface area contributed by atoms with Gasteiger partial charge < -0.3 is 20.9 Å². The summed E-state index contributed by atoms with van der Waals surface area (Å²) in [6, 6.07) is -4.87. The first kappa shape index (κ1) is 33.6. The van der Waals surface area contributed by atoms with E-state index in [0.29, 0.717) is 12.3 Å². The zero-order chi connectivity index (χ0) is 32.0. The van der Waals surface area contributed by atoms with Crippen LogP contribution in [-0.4, -0.2) is 86.5 Å². The number of likely N-dealkylation sites (tertiary alicyclic amines) is 1. The SMILES string of the molecule is CC(C)(C)[C@H](NC(=O)C(F)(F)F)C(=O)N1C[C@@H]2CC(F)(F)C[C@@H]2[C@H]1C(=O)N[C@@H](/C=C(/F)S(C)(=O)=O)C[C@H]1CCNC1=O. The molecule has 0 aromatic carbocycles. The molecule has 0 unspecified atom stereocenters. The van der Waals surface area contributed by atoms with Gasteiger partial charge in [0.15, 0.2) is 0 Å². The van der Waals surface area contributed by atoms with Gasteiger partial charge in [0, 0.05) is 38.1 Å². The Morgan fingerprint density at radius 2 is 1.76 bits per heavy atom. The molecule has 6 atom stereocenters. The first-order chi connectivity index (χ1) is 19.0. The lowest BCUT2D eigenvalue weighted by molar-refractivity contribution is -0.176. The summed E-state index contributed by atoms with van der Waals surface area (Å²) >= 11 is 0. The van der Waals surface area contributed by atoms with Crippen molar-refractivity contribution in [3.63, 3.8) is 0 Å². The molecule has 2 aliphatic heterocycles. The molecule has 0 aromatic rings. The van der Waals surface area contributed by atoms with Crippen LogP contribution in [0.5, 0.6) is 0 Å². The Kier molecular flexibility index (Phi) is 9.36. The minimum atomic E-state index is -5.33. The predicted octanol–water partition coefficient (Wildman–Crippen LogP) is 1.82. The maximum absolute atomic E-state index is 14.5. The van der Waals surface area contributed by atoms with Crippen molar-refractivity contribution in [2.75, 3.05) is 19.3 Å². The lowest BCUT2D eigenvalue weighted by atomic mass is 9.85. The fourth-order valence-corrected chi connectivity index (χ4v) is 6.19. The average Bonchev–Trinajstić information content (AvgIpc) is 3.45. The number of hydrogen-bond donors (Lipinski definition) is 3. The number of amides is 4. The van der Waals surface area contributed by atoms with E-state index in [2.05, 4.69) is 10.6 Å². The Morgan fingerprint density at radius 3 is 2.26 bits per heavy atom. The lowest BCUT2D eigenvalue weighted by Gasteiger charge is -2.37. The maximum Gasteiger partial charge on any atom is 0.471 e. The van der Waals surface area contributed by atoms with Gasteiger partial charge in [-0.3, -0.25) is 19.2 Å². The number of carbonyl (C=O) groups excluding carboxylic acids is 4. The number of hydrogen-bond acceptors (Lipinski definition) is 6.